The number of nitrogens with zero attached hydrogens (tertiary/aromatic N) is 1. The van der Waals surface area contributed by atoms with Gasteiger partial charge in [-0.2, -0.15) is 4.31 Å². The Morgan fingerprint density at radius 1 is 1.04 bits per heavy atom. The molecule has 0 bridgehead atoms. The van der Waals surface area contributed by atoms with E-state index in [1.165, 1.54) is 10.7 Å². The van der Waals surface area contributed by atoms with E-state index in [1.54, 1.807) is 55.6 Å². The normalized spacial score (nSPS) is 15.5. The number of hydrogen-bond donors (Lipinski definition) is 1. The van der Waals surface area contributed by atoms with Gasteiger partial charge in [0.05, 0.1) is 11.3 Å². The maximum atomic E-state index is 12.9. The molecule has 3 rings (SSSR count). The summed E-state index contributed by atoms with van der Waals surface area (Å²) in [5, 5.41) is 3.42. The summed E-state index contributed by atoms with van der Waals surface area (Å²) in [7, 11) is -1.87. The SMILES string of the molecule is CN(C1CCCCC1)S(=O)(=O)c1ccc(NC(=O)Cc2ccc(Cl)cc2)cc1. The highest BCUT2D eigenvalue weighted by atomic mass is 35.5. The van der Waals surface area contributed by atoms with Crippen LogP contribution in [0.4, 0.5) is 5.69 Å². The molecule has 0 spiro atoms. The van der Waals surface area contributed by atoms with Crippen molar-refractivity contribution in [3.63, 3.8) is 0 Å². The van der Waals surface area contributed by atoms with Gasteiger partial charge in [0.2, 0.25) is 15.9 Å². The first-order chi connectivity index (χ1) is 13.4. The smallest absolute Gasteiger partial charge is 0.243 e. The lowest BCUT2D eigenvalue weighted by molar-refractivity contribution is -0.115. The summed E-state index contributed by atoms with van der Waals surface area (Å²) in [5.41, 5.74) is 1.42. The van der Waals surface area contributed by atoms with Crippen molar-refractivity contribution in [2.45, 2.75) is 49.5 Å². The average Bonchev–Trinajstić information content (AvgIpc) is 2.70. The summed E-state index contributed by atoms with van der Waals surface area (Å²) < 4.78 is 27.2. The minimum atomic E-state index is -3.53. The molecule has 2 aromatic carbocycles. The van der Waals surface area contributed by atoms with E-state index in [2.05, 4.69) is 5.32 Å². The van der Waals surface area contributed by atoms with Crippen molar-refractivity contribution in [3.05, 3.63) is 59.1 Å². The average molecular weight is 421 g/mol. The summed E-state index contributed by atoms with van der Waals surface area (Å²) in [4.78, 5) is 12.4. The minimum absolute atomic E-state index is 0.0671. The number of halogens is 1. The molecule has 1 aliphatic rings. The summed E-state index contributed by atoms with van der Waals surface area (Å²) in [6.45, 7) is 0. The van der Waals surface area contributed by atoms with Crippen LogP contribution in [0.2, 0.25) is 5.02 Å². The van der Waals surface area contributed by atoms with Crippen LogP contribution in [0.3, 0.4) is 0 Å². The zero-order valence-corrected chi connectivity index (χ0v) is 17.5. The van der Waals surface area contributed by atoms with Crippen molar-refractivity contribution in [3.8, 4) is 0 Å². The number of nitrogens with one attached hydrogen (secondary N) is 1. The van der Waals surface area contributed by atoms with Gasteiger partial charge in [-0.3, -0.25) is 4.79 Å². The molecular weight excluding hydrogens is 396 g/mol. The number of hydrogen-bond acceptors (Lipinski definition) is 3. The van der Waals surface area contributed by atoms with Crippen molar-refractivity contribution in [1.82, 2.24) is 4.31 Å². The first kappa shape index (κ1) is 20.8. The molecule has 0 radical (unpaired) electrons. The number of anilines is 1. The molecule has 0 aromatic heterocycles. The molecule has 1 aliphatic carbocycles. The second-order valence-electron chi connectivity index (χ2n) is 7.19. The molecule has 1 N–H and O–H groups in total. The molecular formula is C21H25ClN2O3S. The largest absolute Gasteiger partial charge is 0.326 e. The van der Waals surface area contributed by atoms with Gasteiger partial charge >= 0.3 is 0 Å². The van der Waals surface area contributed by atoms with Crippen LogP contribution in [-0.4, -0.2) is 31.7 Å². The molecule has 0 heterocycles. The van der Waals surface area contributed by atoms with E-state index in [0.717, 1.165) is 31.2 Å². The molecule has 28 heavy (non-hydrogen) atoms. The van der Waals surface area contributed by atoms with E-state index in [9.17, 15) is 13.2 Å². The zero-order chi connectivity index (χ0) is 20.1. The Hall–Kier alpha value is -1.89. The lowest BCUT2D eigenvalue weighted by atomic mass is 9.96. The zero-order valence-electron chi connectivity index (χ0n) is 15.9. The summed E-state index contributed by atoms with van der Waals surface area (Å²) >= 11 is 5.85. The van der Waals surface area contributed by atoms with Crippen LogP contribution in [0.15, 0.2) is 53.4 Å². The number of sulfonamides is 1. The van der Waals surface area contributed by atoms with Crippen LogP contribution in [-0.2, 0) is 21.2 Å². The second-order valence-corrected chi connectivity index (χ2v) is 9.62. The predicted molar refractivity (Wildman–Crippen MR) is 112 cm³/mol. The fourth-order valence-electron chi connectivity index (χ4n) is 3.51. The number of amides is 1. The molecule has 0 unspecified atom stereocenters. The minimum Gasteiger partial charge on any atom is -0.326 e. The molecule has 0 aliphatic heterocycles. The molecule has 1 amide bonds. The van der Waals surface area contributed by atoms with Gasteiger partial charge in [-0.15, -0.1) is 0 Å². The standard InChI is InChI=1S/C21H25ClN2O3S/c1-24(19-5-3-2-4-6-19)28(26,27)20-13-11-18(12-14-20)23-21(25)15-16-7-9-17(22)10-8-16/h7-14,19H,2-6,15H2,1H3,(H,23,25). The highest BCUT2D eigenvalue weighted by Gasteiger charge is 2.28. The van der Waals surface area contributed by atoms with Crippen LogP contribution in [0.5, 0.6) is 0 Å². The van der Waals surface area contributed by atoms with E-state index >= 15 is 0 Å². The Balaban J connectivity index is 1.63. The van der Waals surface area contributed by atoms with Crippen LogP contribution < -0.4 is 5.32 Å². The molecule has 7 heteroatoms. The number of carbonyl (C=O) groups is 1. The van der Waals surface area contributed by atoms with Gasteiger partial charge in [0.15, 0.2) is 0 Å². The summed E-state index contributed by atoms with van der Waals surface area (Å²) in [6, 6.07) is 13.5. The van der Waals surface area contributed by atoms with Crippen molar-refractivity contribution >= 4 is 33.2 Å². The number of carbonyl (C=O) groups excluding carboxylic acids is 1. The lowest BCUT2D eigenvalue weighted by Gasteiger charge is -2.30. The van der Waals surface area contributed by atoms with E-state index < -0.39 is 10.0 Å². The van der Waals surface area contributed by atoms with Gasteiger partial charge in [-0.1, -0.05) is 43.0 Å². The van der Waals surface area contributed by atoms with Gasteiger partial charge in [0, 0.05) is 23.8 Å². The molecule has 1 fully saturated rings. The molecule has 1 saturated carbocycles. The first-order valence-electron chi connectivity index (χ1n) is 9.48. The number of benzene rings is 2. The fourth-order valence-corrected chi connectivity index (χ4v) is 5.05. The Labute approximate surface area is 171 Å². The Kier molecular flexibility index (Phi) is 6.75. The quantitative estimate of drug-likeness (QED) is 0.749. The molecule has 2 aromatic rings. The van der Waals surface area contributed by atoms with Gasteiger partial charge < -0.3 is 5.32 Å². The van der Waals surface area contributed by atoms with Crippen molar-refractivity contribution in [1.29, 1.82) is 0 Å². The van der Waals surface area contributed by atoms with E-state index in [4.69, 9.17) is 11.6 Å². The maximum Gasteiger partial charge on any atom is 0.243 e. The van der Waals surface area contributed by atoms with Gasteiger partial charge in [-0.05, 0) is 54.8 Å². The predicted octanol–water partition coefficient (Wildman–Crippen LogP) is 4.47. The first-order valence-corrected chi connectivity index (χ1v) is 11.3. The molecule has 0 atom stereocenters. The third-order valence-corrected chi connectivity index (χ3v) is 7.36. The molecule has 150 valence electrons. The number of rotatable bonds is 6. The van der Waals surface area contributed by atoms with Crippen LogP contribution >= 0.6 is 11.6 Å². The molecule has 0 saturated heterocycles. The summed E-state index contributed by atoms with van der Waals surface area (Å²) in [6.07, 6.45) is 5.37. The maximum absolute atomic E-state index is 12.9. The molecule has 5 nitrogen and oxygen atoms in total. The van der Waals surface area contributed by atoms with E-state index in [0.29, 0.717) is 10.7 Å². The third-order valence-electron chi connectivity index (χ3n) is 5.18. The lowest BCUT2D eigenvalue weighted by Crippen LogP contribution is -2.38. The van der Waals surface area contributed by atoms with Crippen LogP contribution in [0.25, 0.3) is 0 Å². The van der Waals surface area contributed by atoms with Crippen molar-refractivity contribution in [2.24, 2.45) is 0 Å². The summed E-state index contributed by atoms with van der Waals surface area (Å²) in [5.74, 6) is -0.169. The Morgan fingerprint density at radius 2 is 1.64 bits per heavy atom. The van der Waals surface area contributed by atoms with Gasteiger partial charge in [0.1, 0.15) is 0 Å². The fraction of sp³-hybridized carbons (Fsp3) is 0.381. The van der Waals surface area contributed by atoms with Crippen molar-refractivity contribution in [2.75, 3.05) is 12.4 Å². The van der Waals surface area contributed by atoms with E-state index in [-0.39, 0.29) is 23.3 Å². The monoisotopic (exact) mass is 420 g/mol. The van der Waals surface area contributed by atoms with E-state index in [1.807, 2.05) is 0 Å². The highest BCUT2D eigenvalue weighted by Crippen LogP contribution is 2.27. The van der Waals surface area contributed by atoms with Gasteiger partial charge in [0.25, 0.3) is 0 Å². The van der Waals surface area contributed by atoms with Crippen molar-refractivity contribution < 1.29 is 13.2 Å². The van der Waals surface area contributed by atoms with Crippen LogP contribution in [0.1, 0.15) is 37.7 Å². The van der Waals surface area contributed by atoms with Crippen LogP contribution in [0, 0.1) is 0 Å². The Morgan fingerprint density at radius 3 is 2.25 bits per heavy atom. The topological polar surface area (TPSA) is 66.5 Å². The highest BCUT2D eigenvalue weighted by molar-refractivity contribution is 7.89. The van der Waals surface area contributed by atoms with Gasteiger partial charge in [-0.25, -0.2) is 8.42 Å². The Bertz CT molecular complexity index is 906. The second kappa shape index (κ2) is 9.07. The third kappa shape index (κ3) is 5.13.